The van der Waals surface area contributed by atoms with E-state index in [1.807, 2.05) is 6.92 Å². The van der Waals surface area contributed by atoms with Gasteiger partial charge in [0.2, 0.25) is 0 Å². The maximum absolute atomic E-state index is 13.1. The summed E-state index contributed by atoms with van der Waals surface area (Å²) >= 11 is 1.33. The maximum Gasteiger partial charge on any atom is 0.340 e. The summed E-state index contributed by atoms with van der Waals surface area (Å²) in [6.45, 7) is 5.54. The summed E-state index contributed by atoms with van der Waals surface area (Å²) in [4.78, 5) is 16.4. The van der Waals surface area contributed by atoms with Crippen LogP contribution in [-0.2, 0) is 10.5 Å². The van der Waals surface area contributed by atoms with E-state index in [1.165, 1.54) is 30.0 Å². The van der Waals surface area contributed by atoms with Crippen molar-refractivity contribution in [3.05, 3.63) is 64.2 Å². The second-order valence-electron chi connectivity index (χ2n) is 6.19. The van der Waals surface area contributed by atoms with Gasteiger partial charge in [-0.3, -0.25) is 0 Å². The van der Waals surface area contributed by atoms with Crippen molar-refractivity contribution in [1.82, 2.24) is 10.1 Å². The van der Waals surface area contributed by atoms with Gasteiger partial charge >= 0.3 is 5.97 Å². The molecule has 3 rings (SSSR count). The lowest BCUT2D eigenvalue weighted by Gasteiger charge is -2.08. The number of halogens is 1. The number of hydrogen-bond donors (Lipinski definition) is 0. The van der Waals surface area contributed by atoms with Gasteiger partial charge in [-0.15, -0.1) is 0 Å². The Hall–Kier alpha value is -3.18. The first-order valence-corrected chi connectivity index (χ1v) is 9.85. The maximum atomic E-state index is 13.1. The zero-order chi connectivity index (χ0) is 21.0. The normalized spacial score (nSPS) is 10.6. The molecule has 0 N–H and O–H groups in total. The molecule has 1 aromatic carbocycles. The van der Waals surface area contributed by atoms with Gasteiger partial charge in [0.15, 0.2) is 5.76 Å². The van der Waals surface area contributed by atoms with E-state index in [-0.39, 0.29) is 18.0 Å². The van der Waals surface area contributed by atoms with E-state index in [4.69, 9.17) is 9.26 Å². The molecule has 0 bridgehead atoms. The molecule has 2 aromatic heterocycles. The summed E-state index contributed by atoms with van der Waals surface area (Å²) in [5.41, 5.74) is 3.34. The lowest BCUT2D eigenvalue weighted by atomic mass is 10.1. The van der Waals surface area contributed by atoms with Crippen LogP contribution in [0.2, 0.25) is 0 Å². The SMILES string of the molecule is CCOC(=O)c1cc(C#N)c(SCc2noc(-c3ccc(F)cc3)c2C)nc1C. The van der Waals surface area contributed by atoms with E-state index in [0.717, 1.165) is 11.1 Å². The number of benzene rings is 1. The van der Waals surface area contributed by atoms with Crippen LogP contribution in [-0.4, -0.2) is 22.7 Å². The predicted molar refractivity (Wildman–Crippen MR) is 106 cm³/mol. The van der Waals surface area contributed by atoms with Crippen LogP contribution in [0, 0.1) is 31.0 Å². The largest absolute Gasteiger partial charge is 0.462 e. The van der Waals surface area contributed by atoms with Gasteiger partial charge < -0.3 is 9.26 Å². The Balaban J connectivity index is 1.81. The van der Waals surface area contributed by atoms with E-state index in [1.54, 1.807) is 26.0 Å². The number of aryl methyl sites for hydroxylation is 1. The summed E-state index contributed by atoms with van der Waals surface area (Å²) in [7, 11) is 0. The first kappa shape index (κ1) is 20.6. The van der Waals surface area contributed by atoms with E-state index < -0.39 is 5.97 Å². The van der Waals surface area contributed by atoms with Crippen LogP contribution in [0.4, 0.5) is 4.39 Å². The minimum atomic E-state index is -0.498. The molecule has 0 radical (unpaired) electrons. The second-order valence-corrected chi connectivity index (χ2v) is 7.15. The molecule has 0 saturated carbocycles. The molecule has 148 valence electrons. The molecular weight excluding hydrogens is 393 g/mol. The van der Waals surface area contributed by atoms with Crippen LogP contribution in [0.3, 0.4) is 0 Å². The number of esters is 1. The van der Waals surface area contributed by atoms with E-state index >= 15 is 0 Å². The standard InChI is InChI=1S/C21H18FN3O3S/c1-4-27-21(26)17-9-15(10-23)20(24-13(17)3)29-11-18-12(2)19(28-25-18)14-5-7-16(22)8-6-14/h5-9H,4,11H2,1-3H3. The summed E-state index contributed by atoms with van der Waals surface area (Å²) in [5, 5.41) is 14.1. The fraction of sp³-hybridized carbons (Fsp3) is 0.238. The van der Waals surface area contributed by atoms with Crippen molar-refractivity contribution in [2.24, 2.45) is 0 Å². The molecule has 0 unspecified atom stereocenters. The summed E-state index contributed by atoms with van der Waals surface area (Å²) in [5.74, 6) is 0.180. The van der Waals surface area contributed by atoms with Crippen molar-refractivity contribution in [3.63, 3.8) is 0 Å². The lowest BCUT2D eigenvalue weighted by molar-refractivity contribution is 0.0524. The van der Waals surface area contributed by atoms with Crippen molar-refractivity contribution in [2.45, 2.75) is 31.6 Å². The molecule has 8 heteroatoms. The van der Waals surface area contributed by atoms with Crippen molar-refractivity contribution in [1.29, 1.82) is 5.26 Å². The second kappa shape index (κ2) is 8.88. The number of carbonyl (C=O) groups is 1. The monoisotopic (exact) mass is 411 g/mol. The van der Waals surface area contributed by atoms with Gasteiger partial charge in [0, 0.05) is 16.9 Å². The molecule has 0 spiro atoms. The van der Waals surface area contributed by atoms with Crippen LogP contribution in [0.1, 0.15) is 39.8 Å². The van der Waals surface area contributed by atoms with Crippen molar-refractivity contribution in [2.75, 3.05) is 6.61 Å². The number of rotatable bonds is 6. The van der Waals surface area contributed by atoms with E-state index in [0.29, 0.717) is 33.5 Å². The van der Waals surface area contributed by atoms with Gasteiger partial charge in [-0.05, 0) is 51.1 Å². The van der Waals surface area contributed by atoms with Crippen LogP contribution < -0.4 is 0 Å². The Kier molecular flexibility index (Phi) is 6.29. The van der Waals surface area contributed by atoms with Crippen LogP contribution >= 0.6 is 11.8 Å². The molecule has 0 amide bonds. The average Bonchev–Trinajstić information content (AvgIpc) is 3.07. The minimum absolute atomic E-state index is 0.248. The van der Waals surface area contributed by atoms with E-state index in [9.17, 15) is 14.4 Å². The first-order valence-electron chi connectivity index (χ1n) is 8.87. The van der Waals surface area contributed by atoms with Gasteiger partial charge in [-0.2, -0.15) is 5.26 Å². The Labute approximate surface area is 171 Å². The third kappa shape index (κ3) is 4.46. The number of thioether (sulfide) groups is 1. The summed E-state index contributed by atoms with van der Waals surface area (Å²) < 4.78 is 23.6. The highest BCUT2D eigenvalue weighted by Gasteiger charge is 2.18. The third-order valence-electron chi connectivity index (χ3n) is 4.27. The number of nitrogens with zero attached hydrogens (tertiary/aromatic N) is 3. The highest BCUT2D eigenvalue weighted by Crippen LogP contribution is 2.31. The van der Waals surface area contributed by atoms with E-state index in [2.05, 4.69) is 16.2 Å². The molecule has 0 saturated heterocycles. The minimum Gasteiger partial charge on any atom is -0.462 e. The molecule has 6 nitrogen and oxygen atoms in total. The molecule has 3 aromatic rings. The lowest BCUT2D eigenvalue weighted by Crippen LogP contribution is -2.09. The van der Waals surface area contributed by atoms with Gasteiger partial charge in [0.25, 0.3) is 0 Å². The molecular formula is C21H18FN3O3S. The topological polar surface area (TPSA) is 89.0 Å². The molecule has 2 heterocycles. The Bertz CT molecular complexity index is 1090. The number of aromatic nitrogens is 2. The van der Waals surface area contributed by atoms with Gasteiger partial charge in [-0.1, -0.05) is 16.9 Å². The molecule has 29 heavy (non-hydrogen) atoms. The molecule has 0 aliphatic rings. The predicted octanol–water partition coefficient (Wildman–Crippen LogP) is 4.83. The van der Waals surface area contributed by atoms with Gasteiger partial charge in [0.1, 0.15) is 16.9 Å². The smallest absolute Gasteiger partial charge is 0.340 e. The van der Waals surface area contributed by atoms with Crippen molar-refractivity contribution >= 4 is 17.7 Å². The fourth-order valence-electron chi connectivity index (χ4n) is 2.70. The molecule has 0 atom stereocenters. The third-order valence-corrected chi connectivity index (χ3v) is 5.27. The molecule has 0 aliphatic heterocycles. The Morgan fingerprint density at radius 2 is 2.03 bits per heavy atom. The molecule has 0 fully saturated rings. The quantitative estimate of drug-likeness (QED) is 0.424. The highest BCUT2D eigenvalue weighted by molar-refractivity contribution is 7.98. The summed E-state index contributed by atoms with van der Waals surface area (Å²) in [6.07, 6.45) is 0. The Morgan fingerprint density at radius 1 is 1.31 bits per heavy atom. The number of carbonyl (C=O) groups excluding carboxylic acids is 1. The Morgan fingerprint density at radius 3 is 2.69 bits per heavy atom. The van der Waals surface area contributed by atoms with Crippen LogP contribution in [0.25, 0.3) is 11.3 Å². The van der Waals surface area contributed by atoms with Crippen molar-refractivity contribution in [3.8, 4) is 17.4 Å². The first-order chi connectivity index (χ1) is 13.9. The van der Waals surface area contributed by atoms with Crippen LogP contribution in [0.15, 0.2) is 39.9 Å². The van der Waals surface area contributed by atoms with Gasteiger partial charge in [0.05, 0.1) is 29.1 Å². The fourth-order valence-corrected chi connectivity index (χ4v) is 3.70. The zero-order valence-electron chi connectivity index (χ0n) is 16.2. The number of hydrogen-bond acceptors (Lipinski definition) is 7. The molecule has 0 aliphatic carbocycles. The average molecular weight is 411 g/mol. The number of nitriles is 1. The van der Waals surface area contributed by atoms with Gasteiger partial charge in [-0.25, -0.2) is 14.2 Å². The van der Waals surface area contributed by atoms with Crippen molar-refractivity contribution < 1.29 is 18.4 Å². The summed E-state index contributed by atoms with van der Waals surface area (Å²) in [6, 6.07) is 9.57. The highest BCUT2D eigenvalue weighted by atomic mass is 32.2. The number of ether oxygens (including phenoxy) is 1. The zero-order valence-corrected chi connectivity index (χ0v) is 17.0. The number of pyridine rings is 1. The van der Waals surface area contributed by atoms with Crippen LogP contribution in [0.5, 0.6) is 0 Å².